The summed E-state index contributed by atoms with van der Waals surface area (Å²) in [5.41, 5.74) is 4.91. The van der Waals surface area contributed by atoms with Gasteiger partial charge in [0.2, 0.25) is 0 Å². The summed E-state index contributed by atoms with van der Waals surface area (Å²) in [5, 5.41) is 1.07. The quantitative estimate of drug-likeness (QED) is 0.731. The second-order valence-electron chi connectivity index (χ2n) is 6.65. The van der Waals surface area contributed by atoms with Gasteiger partial charge in [-0.05, 0) is 62.3 Å². The summed E-state index contributed by atoms with van der Waals surface area (Å²) in [5.74, 6) is -0.154. The first-order valence-corrected chi connectivity index (χ1v) is 8.60. The summed E-state index contributed by atoms with van der Waals surface area (Å²) >= 11 is 0. The van der Waals surface area contributed by atoms with Gasteiger partial charge in [-0.1, -0.05) is 6.07 Å². The molecule has 0 bridgehead atoms. The molecule has 0 amide bonds. The van der Waals surface area contributed by atoms with Crippen LogP contribution in [0.4, 0.5) is 4.39 Å². The van der Waals surface area contributed by atoms with Gasteiger partial charge in [-0.15, -0.1) is 0 Å². The summed E-state index contributed by atoms with van der Waals surface area (Å²) in [6, 6.07) is 11.2. The van der Waals surface area contributed by atoms with Crippen molar-refractivity contribution in [1.29, 1.82) is 0 Å². The molecule has 0 unspecified atom stereocenters. The van der Waals surface area contributed by atoms with Crippen LogP contribution in [0.1, 0.15) is 23.4 Å². The molecule has 2 aromatic heterocycles. The van der Waals surface area contributed by atoms with Crippen LogP contribution in [-0.2, 0) is 25.9 Å². The Labute approximate surface area is 141 Å². The number of hydrogen-bond acceptors (Lipinski definition) is 2. The zero-order valence-electron chi connectivity index (χ0n) is 14.0. The summed E-state index contributed by atoms with van der Waals surface area (Å²) in [7, 11) is 2.14. The van der Waals surface area contributed by atoms with Gasteiger partial charge in [0.1, 0.15) is 5.82 Å². The molecule has 24 heavy (non-hydrogen) atoms. The van der Waals surface area contributed by atoms with E-state index in [1.54, 1.807) is 12.1 Å². The van der Waals surface area contributed by atoms with E-state index in [0.717, 1.165) is 55.5 Å². The Bertz CT molecular complexity index is 854. The number of rotatable bonds is 3. The lowest BCUT2D eigenvalue weighted by Crippen LogP contribution is -2.17. The SMILES string of the molecule is CN1CCCc2c(c3cc(F)ccc3n2CCc2ccccn2)C1. The van der Waals surface area contributed by atoms with Crippen LogP contribution in [0.25, 0.3) is 10.9 Å². The molecule has 0 N–H and O–H groups in total. The van der Waals surface area contributed by atoms with Gasteiger partial charge in [0.05, 0.1) is 0 Å². The number of aryl methyl sites for hydroxylation is 2. The third-order valence-corrected chi connectivity index (χ3v) is 4.95. The Balaban J connectivity index is 1.77. The van der Waals surface area contributed by atoms with Crippen LogP contribution in [0, 0.1) is 5.82 Å². The second-order valence-corrected chi connectivity index (χ2v) is 6.65. The molecule has 0 saturated heterocycles. The molecule has 4 heteroatoms. The maximum atomic E-state index is 13.8. The number of nitrogens with zero attached hydrogens (tertiary/aromatic N) is 3. The summed E-state index contributed by atoms with van der Waals surface area (Å²) in [4.78, 5) is 6.77. The van der Waals surface area contributed by atoms with E-state index in [1.165, 1.54) is 11.3 Å². The van der Waals surface area contributed by atoms with E-state index in [1.807, 2.05) is 24.4 Å². The molecule has 1 aliphatic heterocycles. The highest BCUT2D eigenvalue weighted by atomic mass is 19.1. The molecule has 1 aliphatic rings. The average Bonchev–Trinajstić information content (AvgIpc) is 2.73. The predicted octanol–water partition coefficient (Wildman–Crippen LogP) is 3.80. The molecule has 0 saturated carbocycles. The highest BCUT2D eigenvalue weighted by Gasteiger charge is 2.21. The summed E-state index contributed by atoms with van der Waals surface area (Å²) in [6.45, 7) is 2.87. The first kappa shape index (κ1) is 15.3. The van der Waals surface area contributed by atoms with Crippen molar-refractivity contribution in [2.24, 2.45) is 0 Å². The molecule has 0 atom stereocenters. The highest BCUT2D eigenvalue weighted by molar-refractivity contribution is 5.85. The third-order valence-electron chi connectivity index (χ3n) is 4.95. The van der Waals surface area contributed by atoms with Crippen molar-refractivity contribution >= 4 is 10.9 Å². The molecular weight excluding hydrogens is 301 g/mol. The molecule has 3 aromatic rings. The Hall–Kier alpha value is -2.20. The fourth-order valence-corrected chi connectivity index (χ4v) is 3.80. The molecule has 0 spiro atoms. The van der Waals surface area contributed by atoms with Crippen LogP contribution in [0.15, 0.2) is 42.6 Å². The number of pyridine rings is 1. The monoisotopic (exact) mass is 323 g/mol. The van der Waals surface area contributed by atoms with Crippen LogP contribution >= 0.6 is 0 Å². The zero-order valence-corrected chi connectivity index (χ0v) is 14.0. The molecule has 124 valence electrons. The number of halogens is 1. The topological polar surface area (TPSA) is 21.1 Å². The van der Waals surface area contributed by atoms with Crippen LogP contribution < -0.4 is 0 Å². The fraction of sp³-hybridized carbons (Fsp3) is 0.350. The van der Waals surface area contributed by atoms with Crippen LogP contribution in [0.3, 0.4) is 0 Å². The first-order chi connectivity index (χ1) is 11.7. The van der Waals surface area contributed by atoms with Gasteiger partial charge in [-0.2, -0.15) is 0 Å². The van der Waals surface area contributed by atoms with Gasteiger partial charge in [0.25, 0.3) is 0 Å². The molecule has 4 rings (SSSR count). The standard InChI is InChI=1S/C20H22FN3/c1-23-11-4-6-19-18(14-23)17-13-15(21)7-8-20(17)24(19)12-9-16-5-2-3-10-22-16/h2-3,5,7-8,10,13H,4,6,9,11-12,14H2,1H3. The Morgan fingerprint density at radius 1 is 1.21 bits per heavy atom. The fourth-order valence-electron chi connectivity index (χ4n) is 3.80. The Morgan fingerprint density at radius 2 is 2.12 bits per heavy atom. The van der Waals surface area contributed by atoms with Gasteiger partial charge < -0.3 is 9.47 Å². The van der Waals surface area contributed by atoms with Crippen LogP contribution in [-0.4, -0.2) is 28.0 Å². The van der Waals surface area contributed by atoms with E-state index in [-0.39, 0.29) is 5.82 Å². The van der Waals surface area contributed by atoms with E-state index in [2.05, 4.69) is 27.6 Å². The van der Waals surface area contributed by atoms with E-state index in [0.29, 0.717) is 0 Å². The minimum Gasteiger partial charge on any atom is -0.344 e. The van der Waals surface area contributed by atoms with Crippen molar-refractivity contribution in [1.82, 2.24) is 14.5 Å². The molecule has 3 nitrogen and oxygen atoms in total. The van der Waals surface area contributed by atoms with Gasteiger partial charge in [-0.25, -0.2) is 4.39 Å². The van der Waals surface area contributed by atoms with E-state index in [4.69, 9.17) is 0 Å². The summed E-state index contributed by atoms with van der Waals surface area (Å²) < 4.78 is 16.2. The zero-order chi connectivity index (χ0) is 16.5. The maximum Gasteiger partial charge on any atom is 0.123 e. The Kier molecular flexibility index (Phi) is 4.07. The van der Waals surface area contributed by atoms with Crippen molar-refractivity contribution in [2.45, 2.75) is 32.4 Å². The predicted molar refractivity (Wildman–Crippen MR) is 94.5 cm³/mol. The van der Waals surface area contributed by atoms with E-state index >= 15 is 0 Å². The second kappa shape index (κ2) is 6.36. The number of hydrogen-bond donors (Lipinski definition) is 0. The minimum absolute atomic E-state index is 0.154. The number of aromatic nitrogens is 2. The number of fused-ring (bicyclic) bond motifs is 3. The lowest BCUT2D eigenvalue weighted by atomic mass is 10.1. The van der Waals surface area contributed by atoms with E-state index in [9.17, 15) is 4.39 Å². The molecule has 0 fully saturated rings. The molecule has 0 radical (unpaired) electrons. The first-order valence-electron chi connectivity index (χ1n) is 8.60. The molecule has 1 aromatic carbocycles. The smallest absolute Gasteiger partial charge is 0.123 e. The maximum absolute atomic E-state index is 13.8. The molecule has 3 heterocycles. The average molecular weight is 323 g/mol. The molecular formula is C20H22FN3. The van der Waals surface area contributed by atoms with Crippen molar-refractivity contribution < 1.29 is 4.39 Å². The van der Waals surface area contributed by atoms with Gasteiger partial charge in [-0.3, -0.25) is 4.98 Å². The Morgan fingerprint density at radius 3 is 2.96 bits per heavy atom. The normalized spacial score (nSPS) is 15.4. The lowest BCUT2D eigenvalue weighted by molar-refractivity contribution is 0.333. The van der Waals surface area contributed by atoms with Crippen molar-refractivity contribution in [3.8, 4) is 0 Å². The number of benzene rings is 1. The van der Waals surface area contributed by atoms with Gasteiger partial charge >= 0.3 is 0 Å². The van der Waals surface area contributed by atoms with Crippen LogP contribution in [0.2, 0.25) is 0 Å². The highest BCUT2D eigenvalue weighted by Crippen LogP contribution is 2.31. The van der Waals surface area contributed by atoms with E-state index < -0.39 is 0 Å². The minimum atomic E-state index is -0.154. The van der Waals surface area contributed by atoms with Gasteiger partial charge in [0.15, 0.2) is 0 Å². The molecule has 0 aliphatic carbocycles. The van der Waals surface area contributed by atoms with Crippen molar-refractivity contribution in [2.75, 3.05) is 13.6 Å². The summed E-state index contributed by atoms with van der Waals surface area (Å²) in [6.07, 6.45) is 4.93. The largest absolute Gasteiger partial charge is 0.344 e. The van der Waals surface area contributed by atoms with Crippen molar-refractivity contribution in [3.63, 3.8) is 0 Å². The van der Waals surface area contributed by atoms with Crippen LogP contribution in [0.5, 0.6) is 0 Å². The van der Waals surface area contributed by atoms with Crippen molar-refractivity contribution in [3.05, 3.63) is 65.4 Å². The third kappa shape index (κ3) is 2.82. The lowest BCUT2D eigenvalue weighted by Gasteiger charge is -2.12. The van der Waals surface area contributed by atoms with Gasteiger partial charge in [0, 0.05) is 48.0 Å².